The lowest BCUT2D eigenvalue weighted by Gasteiger charge is -2.02. The molecule has 1 aromatic rings. The molecule has 0 aromatic carbocycles. The summed E-state index contributed by atoms with van der Waals surface area (Å²) < 4.78 is 23.7. The summed E-state index contributed by atoms with van der Waals surface area (Å²) in [5, 5.41) is 8.40. The van der Waals surface area contributed by atoms with Crippen molar-refractivity contribution in [3.05, 3.63) is 28.5 Å². The molecular formula is C9H10BrNO4S. The molecule has 0 atom stereocenters. The van der Waals surface area contributed by atoms with Crippen LogP contribution in [-0.4, -0.2) is 30.2 Å². The van der Waals surface area contributed by atoms with Crippen LogP contribution in [0, 0.1) is 0 Å². The smallest absolute Gasteiger partial charge is 0.304 e. The van der Waals surface area contributed by atoms with E-state index in [1.54, 1.807) is 12.3 Å². The van der Waals surface area contributed by atoms with Crippen LogP contribution in [0.1, 0.15) is 12.0 Å². The Morgan fingerprint density at radius 2 is 2.12 bits per heavy atom. The summed E-state index contributed by atoms with van der Waals surface area (Å²) in [6.45, 7) is 0. The van der Waals surface area contributed by atoms with Crippen LogP contribution in [0.15, 0.2) is 22.9 Å². The van der Waals surface area contributed by atoms with E-state index in [2.05, 4.69) is 20.9 Å². The molecule has 0 aliphatic rings. The number of aromatic nitrogens is 1. The van der Waals surface area contributed by atoms with Crippen molar-refractivity contribution in [3.63, 3.8) is 0 Å². The van der Waals surface area contributed by atoms with Crippen molar-refractivity contribution in [1.29, 1.82) is 0 Å². The highest BCUT2D eigenvalue weighted by molar-refractivity contribution is 9.10. The summed E-state index contributed by atoms with van der Waals surface area (Å²) in [7, 11) is -3.39. The van der Waals surface area contributed by atoms with Crippen molar-refractivity contribution in [3.8, 4) is 0 Å². The van der Waals surface area contributed by atoms with Gasteiger partial charge in [-0.1, -0.05) is 0 Å². The molecule has 1 rings (SSSR count). The van der Waals surface area contributed by atoms with Gasteiger partial charge in [-0.15, -0.1) is 0 Å². The average molecular weight is 308 g/mol. The lowest BCUT2D eigenvalue weighted by molar-refractivity contribution is -0.136. The van der Waals surface area contributed by atoms with Crippen LogP contribution in [0.4, 0.5) is 0 Å². The number of pyridine rings is 1. The van der Waals surface area contributed by atoms with Crippen LogP contribution in [0.5, 0.6) is 0 Å². The predicted molar refractivity (Wildman–Crippen MR) is 61.7 cm³/mol. The van der Waals surface area contributed by atoms with Crippen LogP contribution < -0.4 is 0 Å². The summed E-state index contributed by atoms with van der Waals surface area (Å²) in [4.78, 5) is 14.1. The van der Waals surface area contributed by atoms with Crippen molar-refractivity contribution in [1.82, 2.24) is 4.98 Å². The normalized spacial score (nSPS) is 11.3. The van der Waals surface area contributed by atoms with Gasteiger partial charge < -0.3 is 5.11 Å². The van der Waals surface area contributed by atoms with E-state index < -0.39 is 15.8 Å². The van der Waals surface area contributed by atoms with E-state index in [4.69, 9.17) is 5.11 Å². The first-order chi connectivity index (χ1) is 7.39. The topological polar surface area (TPSA) is 84.3 Å². The molecule has 0 saturated carbocycles. The Morgan fingerprint density at radius 1 is 1.44 bits per heavy atom. The molecule has 0 unspecified atom stereocenters. The maximum atomic E-state index is 11.5. The molecule has 0 aliphatic heterocycles. The molecular weight excluding hydrogens is 298 g/mol. The lowest BCUT2D eigenvalue weighted by atomic mass is 10.3. The van der Waals surface area contributed by atoms with Crippen LogP contribution in [-0.2, 0) is 20.4 Å². The third kappa shape index (κ3) is 4.71. The molecule has 0 fully saturated rings. The van der Waals surface area contributed by atoms with Crippen molar-refractivity contribution in [2.75, 3.05) is 5.75 Å². The first-order valence-electron chi connectivity index (χ1n) is 4.41. The predicted octanol–water partition coefficient (Wildman–Crippen LogP) is 1.23. The fraction of sp³-hybridized carbons (Fsp3) is 0.333. The number of hydrogen-bond donors (Lipinski definition) is 1. The highest BCUT2D eigenvalue weighted by Crippen LogP contribution is 2.12. The second-order valence-corrected chi connectivity index (χ2v) is 6.35. The number of hydrogen-bond acceptors (Lipinski definition) is 4. The number of aliphatic carboxylic acids is 1. The summed E-state index contributed by atoms with van der Waals surface area (Å²) in [5.41, 5.74) is 0.541. The average Bonchev–Trinajstić information content (AvgIpc) is 2.14. The highest BCUT2D eigenvalue weighted by atomic mass is 79.9. The second-order valence-electron chi connectivity index (χ2n) is 3.25. The Kier molecular flexibility index (Phi) is 4.43. The Balaban J connectivity index is 2.69. The maximum Gasteiger partial charge on any atom is 0.304 e. The van der Waals surface area contributed by atoms with E-state index >= 15 is 0 Å². The first-order valence-corrected chi connectivity index (χ1v) is 7.02. The van der Waals surface area contributed by atoms with E-state index in [9.17, 15) is 13.2 Å². The lowest BCUT2D eigenvalue weighted by Crippen LogP contribution is -2.13. The number of carbonyl (C=O) groups is 1. The minimum Gasteiger partial charge on any atom is -0.481 e. The Morgan fingerprint density at radius 3 is 2.69 bits per heavy atom. The third-order valence-electron chi connectivity index (χ3n) is 1.78. The van der Waals surface area contributed by atoms with Gasteiger partial charge in [0.1, 0.15) is 0 Å². The van der Waals surface area contributed by atoms with Crippen molar-refractivity contribution in [2.24, 2.45) is 0 Å². The molecule has 0 saturated heterocycles. The third-order valence-corrected chi connectivity index (χ3v) is 3.81. The molecule has 5 nitrogen and oxygen atoms in total. The Bertz CT molecular complexity index is 486. The molecule has 0 aliphatic carbocycles. The van der Waals surface area contributed by atoms with Gasteiger partial charge in [0.25, 0.3) is 0 Å². The maximum absolute atomic E-state index is 11.5. The number of nitrogens with zero attached hydrogens (tertiary/aromatic N) is 1. The fourth-order valence-corrected chi connectivity index (χ4v) is 2.81. The van der Waals surface area contributed by atoms with Crippen molar-refractivity contribution in [2.45, 2.75) is 12.2 Å². The largest absolute Gasteiger partial charge is 0.481 e. The Hall–Kier alpha value is -0.950. The van der Waals surface area contributed by atoms with Crippen LogP contribution in [0.25, 0.3) is 0 Å². The summed E-state index contributed by atoms with van der Waals surface area (Å²) in [6.07, 6.45) is 2.63. The minimum atomic E-state index is -3.39. The highest BCUT2D eigenvalue weighted by Gasteiger charge is 2.14. The van der Waals surface area contributed by atoms with Gasteiger partial charge in [0.05, 0.1) is 17.9 Å². The monoisotopic (exact) mass is 307 g/mol. The van der Waals surface area contributed by atoms with Gasteiger partial charge in [-0.05, 0) is 27.6 Å². The molecule has 16 heavy (non-hydrogen) atoms. The zero-order valence-electron chi connectivity index (χ0n) is 8.26. The fourth-order valence-electron chi connectivity index (χ4n) is 1.10. The van der Waals surface area contributed by atoms with Gasteiger partial charge in [-0.3, -0.25) is 9.78 Å². The van der Waals surface area contributed by atoms with Gasteiger partial charge in [-0.2, -0.15) is 0 Å². The SMILES string of the molecule is O=C(O)CCS(=O)(=O)Cc1cncc(Br)c1. The van der Waals surface area contributed by atoms with Gasteiger partial charge in [-0.25, -0.2) is 8.42 Å². The van der Waals surface area contributed by atoms with Crippen LogP contribution >= 0.6 is 15.9 Å². The molecule has 1 N–H and O–H groups in total. The molecule has 0 radical (unpaired) electrons. The number of carboxylic acids is 1. The van der Waals surface area contributed by atoms with E-state index in [1.807, 2.05) is 0 Å². The number of sulfone groups is 1. The summed E-state index contributed by atoms with van der Waals surface area (Å²) >= 11 is 3.18. The molecule has 1 aromatic heterocycles. The quantitative estimate of drug-likeness (QED) is 0.884. The standard InChI is InChI=1S/C9H10BrNO4S/c10-8-3-7(4-11-5-8)6-16(14,15)2-1-9(12)13/h3-5H,1-2,6H2,(H,12,13). The van der Waals surface area contributed by atoms with E-state index in [-0.39, 0.29) is 17.9 Å². The minimum absolute atomic E-state index is 0.188. The van der Waals surface area contributed by atoms with Gasteiger partial charge in [0, 0.05) is 16.9 Å². The van der Waals surface area contributed by atoms with E-state index in [0.29, 0.717) is 10.0 Å². The number of carboxylic acid groups (broad SMARTS) is 1. The van der Waals surface area contributed by atoms with Crippen LogP contribution in [0.2, 0.25) is 0 Å². The molecule has 1 heterocycles. The summed E-state index contributed by atoms with van der Waals surface area (Å²) in [6, 6.07) is 1.64. The van der Waals surface area contributed by atoms with Gasteiger partial charge in [0.2, 0.25) is 0 Å². The zero-order valence-corrected chi connectivity index (χ0v) is 10.7. The van der Waals surface area contributed by atoms with Gasteiger partial charge >= 0.3 is 5.97 Å². The molecule has 0 bridgehead atoms. The van der Waals surface area contributed by atoms with Crippen molar-refractivity contribution >= 4 is 31.7 Å². The Labute approximate surface area is 102 Å². The van der Waals surface area contributed by atoms with Crippen LogP contribution in [0.3, 0.4) is 0 Å². The first kappa shape index (κ1) is 13.1. The number of rotatable bonds is 5. The van der Waals surface area contributed by atoms with Gasteiger partial charge in [0.15, 0.2) is 9.84 Å². The second kappa shape index (κ2) is 5.40. The van der Waals surface area contributed by atoms with E-state index in [1.165, 1.54) is 6.20 Å². The van der Waals surface area contributed by atoms with Crippen molar-refractivity contribution < 1.29 is 18.3 Å². The summed E-state index contributed by atoms with van der Waals surface area (Å²) in [5.74, 6) is -1.65. The molecule has 7 heteroatoms. The molecule has 0 amide bonds. The zero-order chi connectivity index (χ0) is 12.2. The number of halogens is 1. The molecule has 88 valence electrons. The van der Waals surface area contributed by atoms with E-state index in [0.717, 1.165) is 0 Å². The molecule has 0 spiro atoms.